The maximum absolute atomic E-state index is 12.9. The second-order valence-corrected chi connectivity index (χ2v) is 2.43. The average molecular weight is 207 g/mol. The summed E-state index contributed by atoms with van der Waals surface area (Å²) in [4.78, 5) is 6.87. The number of rotatable bonds is 3. The van der Waals surface area contributed by atoms with Gasteiger partial charge < -0.3 is 10.5 Å². The SMILES string of the molecule is COc1nc(N)ncc1C(F)C(F)F. The predicted molar refractivity (Wildman–Crippen MR) is 42.8 cm³/mol. The summed E-state index contributed by atoms with van der Waals surface area (Å²) >= 11 is 0. The Kier molecular flexibility index (Phi) is 3.10. The van der Waals surface area contributed by atoms with Gasteiger partial charge in [0.1, 0.15) is 0 Å². The third-order valence-corrected chi connectivity index (χ3v) is 1.51. The maximum Gasteiger partial charge on any atom is 0.273 e. The molecule has 7 heteroatoms. The lowest BCUT2D eigenvalue weighted by Crippen LogP contribution is -2.08. The van der Waals surface area contributed by atoms with Gasteiger partial charge in [-0.05, 0) is 0 Å². The van der Waals surface area contributed by atoms with Crippen molar-refractivity contribution in [2.75, 3.05) is 12.8 Å². The molecule has 0 amide bonds. The molecule has 1 atom stereocenters. The van der Waals surface area contributed by atoms with Gasteiger partial charge in [-0.25, -0.2) is 18.2 Å². The third kappa shape index (κ3) is 2.04. The largest absolute Gasteiger partial charge is 0.481 e. The number of aromatic nitrogens is 2. The summed E-state index contributed by atoms with van der Waals surface area (Å²) in [5.41, 5.74) is 4.76. The Morgan fingerprint density at radius 2 is 2.07 bits per heavy atom. The number of nitrogens with zero attached hydrogens (tertiary/aromatic N) is 2. The smallest absolute Gasteiger partial charge is 0.273 e. The normalized spacial score (nSPS) is 12.9. The van der Waals surface area contributed by atoms with E-state index in [2.05, 4.69) is 14.7 Å². The van der Waals surface area contributed by atoms with Crippen LogP contribution < -0.4 is 10.5 Å². The minimum Gasteiger partial charge on any atom is -0.481 e. The van der Waals surface area contributed by atoms with Gasteiger partial charge >= 0.3 is 0 Å². The van der Waals surface area contributed by atoms with Crippen LogP contribution in [0.1, 0.15) is 11.7 Å². The van der Waals surface area contributed by atoms with E-state index in [1.54, 1.807) is 0 Å². The predicted octanol–water partition coefficient (Wildman–Crippen LogP) is 1.34. The molecule has 1 unspecified atom stereocenters. The fourth-order valence-corrected chi connectivity index (χ4v) is 0.877. The Bertz CT molecular complexity index is 321. The van der Waals surface area contributed by atoms with E-state index in [0.29, 0.717) is 0 Å². The number of hydrogen-bond acceptors (Lipinski definition) is 4. The van der Waals surface area contributed by atoms with Crippen molar-refractivity contribution >= 4 is 5.95 Å². The molecular formula is C7H8F3N3O. The highest BCUT2D eigenvalue weighted by Gasteiger charge is 2.26. The van der Waals surface area contributed by atoms with Crippen LogP contribution in [0.25, 0.3) is 0 Å². The van der Waals surface area contributed by atoms with Crippen LogP contribution in [0.3, 0.4) is 0 Å². The molecule has 0 spiro atoms. The lowest BCUT2D eigenvalue weighted by Gasteiger charge is -2.10. The number of nitrogen functional groups attached to an aromatic ring is 1. The first-order valence-corrected chi connectivity index (χ1v) is 3.65. The number of anilines is 1. The van der Waals surface area contributed by atoms with Crippen molar-refractivity contribution in [1.82, 2.24) is 9.97 Å². The lowest BCUT2D eigenvalue weighted by atomic mass is 10.2. The highest BCUT2D eigenvalue weighted by atomic mass is 19.3. The van der Waals surface area contributed by atoms with Gasteiger partial charge in [-0.2, -0.15) is 4.98 Å². The van der Waals surface area contributed by atoms with Crippen LogP contribution in [0.2, 0.25) is 0 Å². The standard InChI is InChI=1S/C7H8F3N3O/c1-14-6-3(4(8)5(9)10)2-12-7(11)13-6/h2,4-5H,1H3,(H2,11,12,13). The van der Waals surface area contributed by atoms with Gasteiger partial charge in [0.25, 0.3) is 6.43 Å². The zero-order valence-corrected chi connectivity index (χ0v) is 7.25. The topological polar surface area (TPSA) is 61.0 Å². The van der Waals surface area contributed by atoms with Gasteiger partial charge in [-0.1, -0.05) is 0 Å². The monoisotopic (exact) mass is 207 g/mol. The van der Waals surface area contributed by atoms with Crippen molar-refractivity contribution in [3.63, 3.8) is 0 Å². The Hall–Kier alpha value is -1.53. The van der Waals surface area contributed by atoms with Gasteiger partial charge in [-0.3, -0.25) is 0 Å². The zero-order valence-electron chi connectivity index (χ0n) is 7.25. The van der Waals surface area contributed by atoms with Crippen LogP contribution in [0, 0.1) is 0 Å². The Labute approximate surface area is 77.9 Å². The van der Waals surface area contributed by atoms with Gasteiger partial charge in [-0.15, -0.1) is 0 Å². The number of hydrogen-bond donors (Lipinski definition) is 1. The minimum atomic E-state index is -3.14. The third-order valence-electron chi connectivity index (χ3n) is 1.51. The molecule has 78 valence electrons. The first-order chi connectivity index (χ1) is 6.56. The van der Waals surface area contributed by atoms with Gasteiger partial charge in [0.2, 0.25) is 11.8 Å². The van der Waals surface area contributed by atoms with E-state index in [-0.39, 0.29) is 11.8 Å². The quantitative estimate of drug-likeness (QED) is 0.812. The Morgan fingerprint density at radius 1 is 1.43 bits per heavy atom. The first-order valence-electron chi connectivity index (χ1n) is 3.65. The van der Waals surface area contributed by atoms with E-state index in [4.69, 9.17) is 5.73 Å². The summed E-state index contributed by atoms with van der Waals surface area (Å²) in [6, 6.07) is 0. The van der Waals surface area contributed by atoms with Crippen LogP contribution in [-0.2, 0) is 0 Å². The average Bonchev–Trinajstić information content (AvgIpc) is 2.16. The minimum absolute atomic E-state index is 0.160. The molecule has 0 bridgehead atoms. The second kappa shape index (κ2) is 4.12. The summed E-state index contributed by atoms with van der Waals surface area (Å²) in [5, 5.41) is 0. The van der Waals surface area contributed by atoms with Gasteiger partial charge in [0, 0.05) is 6.20 Å². The summed E-state index contributed by atoms with van der Waals surface area (Å²) < 4.78 is 41.5. The Morgan fingerprint density at radius 3 is 2.57 bits per heavy atom. The summed E-state index contributed by atoms with van der Waals surface area (Å²) in [7, 11) is 1.18. The van der Waals surface area contributed by atoms with E-state index < -0.39 is 18.2 Å². The molecule has 2 N–H and O–H groups in total. The lowest BCUT2D eigenvalue weighted by molar-refractivity contribution is 0.0476. The number of methoxy groups -OCH3 is 1. The molecule has 14 heavy (non-hydrogen) atoms. The molecule has 0 aliphatic rings. The first kappa shape index (κ1) is 10.6. The van der Waals surface area contributed by atoms with Crippen LogP contribution in [0.15, 0.2) is 6.20 Å². The molecule has 0 aliphatic carbocycles. The molecule has 1 rings (SSSR count). The Balaban J connectivity index is 3.07. The fourth-order valence-electron chi connectivity index (χ4n) is 0.877. The molecule has 0 radical (unpaired) electrons. The van der Waals surface area contributed by atoms with Crippen molar-refractivity contribution < 1.29 is 17.9 Å². The fraction of sp³-hybridized carbons (Fsp3) is 0.429. The van der Waals surface area contributed by atoms with Crippen LogP contribution >= 0.6 is 0 Å². The van der Waals surface area contributed by atoms with Gasteiger partial charge in [0.15, 0.2) is 6.17 Å². The molecule has 0 saturated heterocycles. The zero-order chi connectivity index (χ0) is 10.7. The van der Waals surface area contributed by atoms with Crippen molar-refractivity contribution in [2.45, 2.75) is 12.6 Å². The molecule has 4 nitrogen and oxygen atoms in total. The van der Waals surface area contributed by atoms with E-state index in [1.165, 1.54) is 7.11 Å². The number of ether oxygens (including phenoxy) is 1. The summed E-state index contributed by atoms with van der Waals surface area (Å²) in [6.45, 7) is 0. The molecule has 0 saturated carbocycles. The summed E-state index contributed by atoms with van der Waals surface area (Å²) in [5.74, 6) is -0.433. The second-order valence-electron chi connectivity index (χ2n) is 2.43. The molecular weight excluding hydrogens is 199 g/mol. The highest BCUT2D eigenvalue weighted by Crippen LogP contribution is 2.30. The van der Waals surface area contributed by atoms with Crippen molar-refractivity contribution in [1.29, 1.82) is 0 Å². The van der Waals surface area contributed by atoms with Crippen LogP contribution in [0.4, 0.5) is 19.1 Å². The van der Waals surface area contributed by atoms with Crippen molar-refractivity contribution in [3.8, 4) is 5.88 Å². The molecule has 0 aliphatic heterocycles. The molecule has 1 heterocycles. The molecule has 0 aromatic carbocycles. The highest BCUT2D eigenvalue weighted by molar-refractivity contribution is 5.31. The maximum atomic E-state index is 12.9. The number of nitrogens with two attached hydrogens (primary N) is 1. The molecule has 0 fully saturated rings. The van der Waals surface area contributed by atoms with Crippen LogP contribution in [-0.4, -0.2) is 23.5 Å². The van der Waals surface area contributed by atoms with E-state index >= 15 is 0 Å². The number of alkyl halides is 3. The molecule has 1 aromatic rings. The van der Waals surface area contributed by atoms with E-state index in [9.17, 15) is 13.2 Å². The van der Waals surface area contributed by atoms with Crippen molar-refractivity contribution in [2.24, 2.45) is 0 Å². The summed E-state index contributed by atoms with van der Waals surface area (Å²) in [6.07, 6.45) is -4.72. The van der Waals surface area contributed by atoms with E-state index in [1.807, 2.05) is 0 Å². The number of halogens is 3. The van der Waals surface area contributed by atoms with Gasteiger partial charge in [0.05, 0.1) is 12.7 Å². The molecule has 1 aromatic heterocycles. The van der Waals surface area contributed by atoms with Crippen LogP contribution in [0.5, 0.6) is 5.88 Å². The van der Waals surface area contributed by atoms with Crippen molar-refractivity contribution in [3.05, 3.63) is 11.8 Å². The van der Waals surface area contributed by atoms with E-state index in [0.717, 1.165) is 6.20 Å².